The van der Waals surface area contributed by atoms with Gasteiger partial charge in [0, 0.05) is 43.2 Å². The number of piperidine rings is 1. The van der Waals surface area contributed by atoms with Gasteiger partial charge in [0.25, 0.3) is 5.91 Å². The molecule has 1 amide bonds. The van der Waals surface area contributed by atoms with Gasteiger partial charge >= 0.3 is 0 Å². The third-order valence-corrected chi connectivity index (χ3v) is 7.75. The molecule has 3 aromatic rings. The molecule has 2 fully saturated rings. The number of aromatic nitrogens is 2. The van der Waals surface area contributed by atoms with Crippen molar-refractivity contribution in [1.29, 1.82) is 5.26 Å². The molecule has 2 saturated heterocycles. The number of nitrogens with one attached hydrogen (secondary N) is 2. The minimum absolute atomic E-state index is 0.196. The monoisotopic (exact) mass is 531 g/mol. The standard InChI is InChI=1S/C28H33N7O2S/c29-9-12-34-10-7-23(8-11-34)24-5-2-6-26(31-24)33-28-32-25(20-38-28)27(36)30-18-21-3-1-4-22(17-21)19-35-13-15-37-16-14-35/h1-6,17,20,23H,7-8,10-16,18-19H2,(H,30,36)(H,31,32,33). The fourth-order valence-electron chi connectivity index (χ4n) is 4.91. The molecule has 2 N–H and O–H groups in total. The number of benzene rings is 1. The fourth-order valence-corrected chi connectivity index (χ4v) is 5.61. The smallest absolute Gasteiger partial charge is 0.271 e. The summed E-state index contributed by atoms with van der Waals surface area (Å²) < 4.78 is 5.43. The van der Waals surface area contributed by atoms with E-state index in [2.05, 4.69) is 49.7 Å². The Morgan fingerprint density at radius 3 is 2.66 bits per heavy atom. The Hall–Kier alpha value is -3.36. The van der Waals surface area contributed by atoms with Crippen molar-refractivity contribution in [2.45, 2.75) is 31.8 Å². The molecule has 38 heavy (non-hydrogen) atoms. The van der Waals surface area contributed by atoms with Crippen molar-refractivity contribution in [2.75, 3.05) is 51.3 Å². The summed E-state index contributed by atoms with van der Waals surface area (Å²) in [6, 6.07) is 16.6. The SMILES string of the molecule is N#CCN1CCC(c2cccc(Nc3nc(C(=O)NCc4cccc(CN5CCOCC5)c4)cs3)n2)CC1. The van der Waals surface area contributed by atoms with E-state index in [0.717, 1.165) is 75.9 Å². The second-order valence-electron chi connectivity index (χ2n) is 9.71. The number of carbonyl (C=O) groups is 1. The average Bonchev–Trinajstić information content (AvgIpc) is 3.42. The maximum Gasteiger partial charge on any atom is 0.271 e. The van der Waals surface area contributed by atoms with E-state index in [-0.39, 0.29) is 5.91 Å². The zero-order chi connectivity index (χ0) is 26.2. The van der Waals surface area contributed by atoms with Gasteiger partial charge in [0.15, 0.2) is 5.13 Å². The molecule has 0 unspecified atom stereocenters. The van der Waals surface area contributed by atoms with Crippen LogP contribution < -0.4 is 10.6 Å². The van der Waals surface area contributed by atoms with Crippen LogP contribution in [0.3, 0.4) is 0 Å². The molecular formula is C28H33N7O2S. The molecule has 5 rings (SSSR count). The lowest BCUT2D eigenvalue weighted by atomic mass is 9.93. The lowest BCUT2D eigenvalue weighted by Crippen LogP contribution is -2.35. The second-order valence-corrected chi connectivity index (χ2v) is 10.6. The molecule has 0 saturated carbocycles. The highest BCUT2D eigenvalue weighted by Crippen LogP contribution is 2.28. The molecule has 0 bridgehead atoms. The molecule has 198 valence electrons. The van der Waals surface area contributed by atoms with Gasteiger partial charge < -0.3 is 15.4 Å². The first kappa shape index (κ1) is 26.3. The molecule has 2 aromatic heterocycles. The third kappa shape index (κ3) is 7.14. The van der Waals surface area contributed by atoms with Gasteiger partial charge in [0.05, 0.1) is 25.8 Å². The summed E-state index contributed by atoms with van der Waals surface area (Å²) in [7, 11) is 0. The highest BCUT2D eigenvalue weighted by molar-refractivity contribution is 7.14. The molecule has 0 spiro atoms. The normalized spacial score (nSPS) is 17.1. The van der Waals surface area contributed by atoms with E-state index >= 15 is 0 Å². The molecule has 10 heteroatoms. The first-order valence-electron chi connectivity index (χ1n) is 13.1. The number of ether oxygens (including phenoxy) is 1. The van der Waals surface area contributed by atoms with E-state index in [1.807, 2.05) is 24.3 Å². The van der Waals surface area contributed by atoms with E-state index in [1.165, 1.54) is 16.9 Å². The summed E-state index contributed by atoms with van der Waals surface area (Å²) >= 11 is 1.39. The molecular weight excluding hydrogens is 498 g/mol. The zero-order valence-electron chi connectivity index (χ0n) is 21.4. The summed E-state index contributed by atoms with van der Waals surface area (Å²) in [6.07, 6.45) is 1.99. The largest absolute Gasteiger partial charge is 0.379 e. The number of carbonyl (C=O) groups excluding carboxylic acids is 1. The van der Waals surface area contributed by atoms with Gasteiger partial charge in [-0.15, -0.1) is 11.3 Å². The number of thiazole rings is 1. The number of pyridine rings is 1. The van der Waals surface area contributed by atoms with Crippen LogP contribution in [0.1, 0.15) is 46.1 Å². The highest BCUT2D eigenvalue weighted by Gasteiger charge is 2.21. The molecule has 2 aliphatic heterocycles. The Labute approximate surface area is 227 Å². The van der Waals surface area contributed by atoms with Crippen molar-refractivity contribution in [2.24, 2.45) is 0 Å². The number of hydrogen-bond donors (Lipinski definition) is 2. The van der Waals surface area contributed by atoms with E-state index < -0.39 is 0 Å². The molecule has 1 aromatic carbocycles. The van der Waals surface area contributed by atoms with Crippen molar-refractivity contribution in [3.63, 3.8) is 0 Å². The third-order valence-electron chi connectivity index (χ3n) is 7.00. The molecule has 0 radical (unpaired) electrons. The Balaban J connectivity index is 1.13. The van der Waals surface area contributed by atoms with Crippen LogP contribution in [0.15, 0.2) is 47.8 Å². The summed E-state index contributed by atoms with van der Waals surface area (Å²) in [5, 5.41) is 17.6. The summed E-state index contributed by atoms with van der Waals surface area (Å²) in [4.78, 5) is 26.6. The van der Waals surface area contributed by atoms with Crippen LogP contribution in [0.2, 0.25) is 0 Å². The quantitative estimate of drug-likeness (QED) is 0.402. The van der Waals surface area contributed by atoms with Gasteiger partial charge in [-0.05, 0) is 49.2 Å². The Bertz CT molecular complexity index is 1260. The Morgan fingerprint density at radius 1 is 1.05 bits per heavy atom. The van der Waals surface area contributed by atoms with Crippen molar-refractivity contribution < 1.29 is 9.53 Å². The predicted octanol–water partition coefficient (Wildman–Crippen LogP) is 3.75. The molecule has 4 heterocycles. The first-order chi connectivity index (χ1) is 18.7. The number of nitrogens with zero attached hydrogens (tertiary/aromatic N) is 5. The number of rotatable bonds is 9. The first-order valence-corrected chi connectivity index (χ1v) is 14.0. The topological polar surface area (TPSA) is 106 Å². The number of hydrogen-bond acceptors (Lipinski definition) is 9. The van der Waals surface area contributed by atoms with Crippen molar-refractivity contribution in [1.82, 2.24) is 25.1 Å². The zero-order valence-corrected chi connectivity index (χ0v) is 22.3. The number of anilines is 2. The van der Waals surface area contributed by atoms with Crippen molar-refractivity contribution >= 4 is 28.2 Å². The summed E-state index contributed by atoms with van der Waals surface area (Å²) in [6.45, 7) is 7.13. The maximum atomic E-state index is 12.8. The van der Waals surface area contributed by atoms with Crippen LogP contribution in [0, 0.1) is 11.3 Å². The minimum Gasteiger partial charge on any atom is -0.379 e. The number of likely N-dealkylation sites (tertiary alicyclic amines) is 1. The fraction of sp³-hybridized carbons (Fsp3) is 0.429. The highest BCUT2D eigenvalue weighted by atomic mass is 32.1. The Kier molecular flexibility index (Phi) is 8.94. The second kappa shape index (κ2) is 12.9. The average molecular weight is 532 g/mol. The molecule has 2 aliphatic rings. The number of amides is 1. The van der Waals surface area contributed by atoms with Crippen LogP contribution in [0.25, 0.3) is 0 Å². The van der Waals surface area contributed by atoms with Gasteiger partial charge in [-0.2, -0.15) is 5.26 Å². The Morgan fingerprint density at radius 2 is 1.84 bits per heavy atom. The van der Waals surface area contributed by atoms with Crippen LogP contribution in [0.4, 0.5) is 10.9 Å². The van der Waals surface area contributed by atoms with E-state index in [9.17, 15) is 4.79 Å². The maximum absolute atomic E-state index is 12.8. The predicted molar refractivity (Wildman–Crippen MR) is 147 cm³/mol. The number of morpholine rings is 1. The van der Waals surface area contributed by atoms with Gasteiger partial charge in [-0.25, -0.2) is 9.97 Å². The van der Waals surface area contributed by atoms with E-state index in [0.29, 0.717) is 29.8 Å². The lowest BCUT2D eigenvalue weighted by Gasteiger charge is -2.29. The lowest BCUT2D eigenvalue weighted by molar-refractivity contribution is 0.0342. The molecule has 9 nitrogen and oxygen atoms in total. The van der Waals surface area contributed by atoms with Crippen LogP contribution in [0.5, 0.6) is 0 Å². The number of nitriles is 1. The summed E-state index contributed by atoms with van der Waals surface area (Å²) in [5.41, 5.74) is 3.75. The minimum atomic E-state index is -0.196. The van der Waals surface area contributed by atoms with Gasteiger partial charge in [-0.1, -0.05) is 30.3 Å². The van der Waals surface area contributed by atoms with Gasteiger partial charge in [0.2, 0.25) is 0 Å². The van der Waals surface area contributed by atoms with Crippen LogP contribution >= 0.6 is 11.3 Å². The van der Waals surface area contributed by atoms with Crippen LogP contribution in [-0.4, -0.2) is 71.6 Å². The van der Waals surface area contributed by atoms with E-state index in [1.54, 1.807) is 5.38 Å². The van der Waals surface area contributed by atoms with Gasteiger partial charge in [0.1, 0.15) is 11.5 Å². The molecule has 0 atom stereocenters. The van der Waals surface area contributed by atoms with Crippen molar-refractivity contribution in [3.05, 3.63) is 70.4 Å². The molecule has 0 aliphatic carbocycles. The summed E-state index contributed by atoms with van der Waals surface area (Å²) in [5.74, 6) is 0.913. The van der Waals surface area contributed by atoms with Crippen LogP contribution in [-0.2, 0) is 17.8 Å². The van der Waals surface area contributed by atoms with Gasteiger partial charge in [-0.3, -0.25) is 14.6 Å². The van der Waals surface area contributed by atoms with Crippen molar-refractivity contribution in [3.8, 4) is 6.07 Å². The van der Waals surface area contributed by atoms with E-state index in [4.69, 9.17) is 15.0 Å².